The van der Waals surface area contributed by atoms with Gasteiger partial charge in [-0.15, -0.1) is 0 Å². The number of allylic oxidation sites excluding steroid dienone is 5. The molecule has 28 heavy (non-hydrogen) atoms. The monoisotopic (exact) mass is 388 g/mol. The highest BCUT2D eigenvalue weighted by Crippen LogP contribution is 2.34. The summed E-state index contributed by atoms with van der Waals surface area (Å²) in [7, 11) is 1.37. The molecule has 1 aliphatic rings. The third-order valence-corrected chi connectivity index (χ3v) is 4.49. The van der Waals surface area contributed by atoms with Crippen LogP contribution in [0.4, 0.5) is 0 Å². The van der Waals surface area contributed by atoms with Crippen molar-refractivity contribution in [3.05, 3.63) is 48.1 Å². The molecule has 0 aromatic rings. The molecule has 1 rings (SSSR count). The van der Waals surface area contributed by atoms with Gasteiger partial charge in [-0.1, -0.05) is 50.1 Å². The van der Waals surface area contributed by atoms with Gasteiger partial charge in [0.1, 0.15) is 0 Å². The summed E-state index contributed by atoms with van der Waals surface area (Å²) in [5, 5.41) is 0. The first-order chi connectivity index (χ1) is 13.4. The maximum absolute atomic E-state index is 12.3. The largest absolute Gasteiger partial charge is 0.469 e. The Morgan fingerprint density at radius 2 is 1.86 bits per heavy atom. The lowest BCUT2D eigenvalue weighted by Gasteiger charge is -2.27. The van der Waals surface area contributed by atoms with Crippen molar-refractivity contribution in [1.29, 1.82) is 0 Å². The molecule has 0 saturated heterocycles. The molecule has 1 atom stereocenters. The van der Waals surface area contributed by atoms with Gasteiger partial charge in [0.25, 0.3) is 0 Å². The quantitative estimate of drug-likeness (QED) is 0.208. The van der Waals surface area contributed by atoms with E-state index in [0.29, 0.717) is 31.3 Å². The first-order valence-corrected chi connectivity index (χ1v) is 9.97. The van der Waals surface area contributed by atoms with E-state index in [0.717, 1.165) is 12.8 Å². The fourth-order valence-electron chi connectivity index (χ4n) is 3.00. The predicted octanol–water partition coefficient (Wildman–Crippen LogP) is 4.78. The number of hydrogen-bond acceptors (Lipinski definition) is 5. The molecule has 154 valence electrons. The van der Waals surface area contributed by atoms with E-state index >= 15 is 0 Å². The summed E-state index contributed by atoms with van der Waals surface area (Å²) in [6, 6.07) is 0. The smallest absolute Gasteiger partial charge is 0.305 e. The summed E-state index contributed by atoms with van der Waals surface area (Å²) in [5.74, 6) is -0.812. The average Bonchev–Trinajstić information content (AvgIpc) is 2.96. The number of hydrogen-bond donors (Lipinski definition) is 0. The summed E-state index contributed by atoms with van der Waals surface area (Å²) in [5.41, 5.74) is -0.592. The van der Waals surface area contributed by atoms with Crippen molar-refractivity contribution < 1.29 is 23.9 Å². The van der Waals surface area contributed by atoms with Gasteiger partial charge in [-0.2, -0.15) is 0 Å². The number of ether oxygens (including phenoxy) is 2. The normalized spacial score (nSPS) is 20.5. The summed E-state index contributed by atoms with van der Waals surface area (Å²) in [6.07, 6.45) is 19.2. The van der Waals surface area contributed by atoms with Gasteiger partial charge < -0.3 is 9.47 Å². The minimum Gasteiger partial charge on any atom is -0.469 e. The van der Waals surface area contributed by atoms with Gasteiger partial charge in [-0.25, -0.2) is 0 Å². The Morgan fingerprint density at radius 3 is 2.54 bits per heavy atom. The Bertz CT molecular complexity index is 654. The Labute approximate surface area is 168 Å². The van der Waals surface area contributed by atoms with Crippen LogP contribution in [0.1, 0.15) is 65.2 Å². The number of ketones is 1. The molecular formula is C23H32O5. The van der Waals surface area contributed by atoms with E-state index in [-0.39, 0.29) is 11.8 Å². The molecule has 0 aromatic heterocycles. The first-order valence-electron chi connectivity index (χ1n) is 9.97. The van der Waals surface area contributed by atoms with Crippen LogP contribution in [0.2, 0.25) is 0 Å². The number of rotatable bonds is 12. The van der Waals surface area contributed by atoms with Gasteiger partial charge in [0, 0.05) is 25.3 Å². The van der Waals surface area contributed by atoms with Crippen LogP contribution in [0.5, 0.6) is 0 Å². The third kappa shape index (κ3) is 8.07. The molecule has 0 spiro atoms. The molecule has 0 aliphatic heterocycles. The lowest BCUT2D eigenvalue weighted by molar-refractivity contribution is -0.149. The highest BCUT2D eigenvalue weighted by molar-refractivity contribution is 6.09. The van der Waals surface area contributed by atoms with Crippen molar-refractivity contribution in [2.24, 2.45) is 0 Å². The number of carbonyl (C=O) groups is 3. The van der Waals surface area contributed by atoms with Crippen LogP contribution in [-0.2, 0) is 23.9 Å². The van der Waals surface area contributed by atoms with E-state index in [4.69, 9.17) is 4.74 Å². The van der Waals surface area contributed by atoms with Gasteiger partial charge in [0.2, 0.25) is 0 Å². The molecule has 1 unspecified atom stereocenters. The van der Waals surface area contributed by atoms with Gasteiger partial charge in [-0.3, -0.25) is 14.4 Å². The second kappa shape index (κ2) is 12.9. The second-order valence-corrected chi connectivity index (χ2v) is 6.83. The summed E-state index contributed by atoms with van der Waals surface area (Å²) >= 11 is 0. The van der Waals surface area contributed by atoms with Crippen LogP contribution in [0, 0.1) is 0 Å². The molecule has 0 aromatic carbocycles. The van der Waals surface area contributed by atoms with Crippen molar-refractivity contribution >= 4 is 17.7 Å². The number of carbonyl (C=O) groups excluding carboxylic acids is 3. The number of methoxy groups -OCH3 is 1. The van der Waals surface area contributed by atoms with Crippen LogP contribution in [0.3, 0.4) is 0 Å². The second-order valence-electron chi connectivity index (χ2n) is 6.83. The van der Waals surface area contributed by atoms with E-state index in [1.165, 1.54) is 33.0 Å². The zero-order valence-corrected chi connectivity index (χ0v) is 17.2. The maximum Gasteiger partial charge on any atom is 0.305 e. The van der Waals surface area contributed by atoms with Crippen LogP contribution in [-0.4, -0.2) is 30.4 Å². The Kier molecular flexibility index (Phi) is 10.8. The number of unbranched alkanes of at least 4 members (excludes halogenated alkanes) is 4. The fraction of sp³-hybridized carbons (Fsp3) is 0.522. The van der Waals surface area contributed by atoms with Crippen LogP contribution in [0.25, 0.3) is 0 Å². The zero-order chi connectivity index (χ0) is 20.8. The molecule has 0 amide bonds. The average molecular weight is 389 g/mol. The van der Waals surface area contributed by atoms with Crippen molar-refractivity contribution in [2.75, 3.05) is 7.11 Å². The molecule has 5 heteroatoms. The van der Waals surface area contributed by atoms with E-state index in [1.54, 1.807) is 18.2 Å². The highest BCUT2D eigenvalue weighted by atomic mass is 16.6. The minimum absolute atomic E-state index is 0.153. The highest BCUT2D eigenvalue weighted by Gasteiger charge is 2.41. The Morgan fingerprint density at radius 1 is 1.11 bits per heavy atom. The minimum atomic E-state index is -1.04. The van der Waals surface area contributed by atoms with E-state index in [1.807, 2.05) is 12.2 Å². The molecule has 0 saturated carbocycles. The Hall–Kier alpha value is -2.43. The predicted molar refractivity (Wildman–Crippen MR) is 110 cm³/mol. The molecule has 1 aliphatic carbocycles. The molecule has 0 radical (unpaired) electrons. The summed E-state index contributed by atoms with van der Waals surface area (Å²) in [6.45, 7) is 3.51. The van der Waals surface area contributed by atoms with Gasteiger partial charge in [-0.05, 0) is 37.8 Å². The van der Waals surface area contributed by atoms with Crippen molar-refractivity contribution in [1.82, 2.24) is 0 Å². The zero-order valence-electron chi connectivity index (χ0n) is 17.2. The SMILES string of the molecule is CCCCC/C=C\CC1(OC(C)=O)C=CC(=O)/C1=C/C=C\CCCC(=O)OC. The molecule has 0 fully saturated rings. The third-order valence-electron chi connectivity index (χ3n) is 4.49. The fourth-order valence-corrected chi connectivity index (χ4v) is 3.00. The van der Waals surface area contributed by atoms with Crippen molar-refractivity contribution in [3.8, 4) is 0 Å². The molecule has 0 bridgehead atoms. The maximum atomic E-state index is 12.3. The van der Waals surface area contributed by atoms with Crippen molar-refractivity contribution in [2.45, 2.75) is 70.8 Å². The van der Waals surface area contributed by atoms with E-state index < -0.39 is 11.6 Å². The standard InChI is InChI=1S/C23H32O5/c1-4-5-6-7-10-13-17-23(28-19(2)24)18-16-21(25)20(23)14-11-8-9-12-15-22(26)27-3/h8,10-11,13-14,16,18H,4-7,9,12,15,17H2,1-3H3/b11-8-,13-10-,20-14-. The van der Waals surface area contributed by atoms with Crippen LogP contribution >= 0.6 is 0 Å². The van der Waals surface area contributed by atoms with Gasteiger partial charge in [0.05, 0.1) is 7.11 Å². The molecule has 0 heterocycles. The lowest BCUT2D eigenvalue weighted by atomic mass is 9.91. The van der Waals surface area contributed by atoms with Gasteiger partial charge >= 0.3 is 11.9 Å². The number of esters is 2. The molecule has 5 nitrogen and oxygen atoms in total. The van der Waals surface area contributed by atoms with Crippen molar-refractivity contribution in [3.63, 3.8) is 0 Å². The van der Waals surface area contributed by atoms with Crippen LogP contribution < -0.4 is 0 Å². The topological polar surface area (TPSA) is 69.7 Å². The first kappa shape index (κ1) is 23.6. The van der Waals surface area contributed by atoms with Gasteiger partial charge in [0.15, 0.2) is 11.4 Å². The molecular weight excluding hydrogens is 356 g/mol. The molecule has 0 N–H and O–H groups in total. The summed E-state index contributed by atoms with van der Waals surface area (Å²) < 4.78 is 10.2. The lowest BCUT2D eigenvalue weighted by Crippen LogP contribution is -2.33. The van der Waals surface area contributed by atoms with E-state index in [2.05, 4.69) is 17.7 Å². The summed E-state index contributed by atoms with van der Waals surface area (Å²) in [4.78, 5) is 35.1. The van der Waals surface area contributed by atoms with E-state index in [9.17, 15) is 14.4 Å². The van der Waals surface area contributed by atoms with Crippen LogP contribution in [0.15, 0.2) is 48.1 Å². The Balaban J connectivity index is 2.79.